The average molecular weight is 416 g/mol. The SMILES string of the molecule is COc1c(O)cc2oc(-c3ccc(O)c(CCC(C)CO)c3)c(O)c(=O)c2c1OC. The van der Waals surface area contributed by atoms with Crippen LogP contribution in [0.3, 0.4) is 0 Å². The van der Waals surface area contributed by atoms with Gasteiger partial charge in [0.15, 0.2) is 17.3 Å². The van der Waals surface area contributed by atoms with E-state index in [0.29, 0.717) is 24.0 Å². The quantitative estimate of drug-likeness (QED) is 0.462. The van der Waals surface area contributed by atoms with Gasteiger partial charge in [-0.1, -0.05) is 6.92 Å². The summed E-state index contributed by atoms with van der Waals surface area (Å²) in [4.78, 5) is 12.9. The van der Waals surface area contributed by atoms with E-state index in [4.69, 9.17) is 13.9 Å². The van der Waals surface area contributed by atoms with Gasteiger partial charge in [0.2, 0.25) is 16.9 Å². The van der Waals surface area contributed by atoms with Crippen LogP contribution in [0.1, 0.15) is 18.9 Å². The molecule has 0 aliphatic carbocycles. The summed E-state index contributed by atoms with van der Waals surface area (Å²) in [6.07, 6.45) is 1.14. The van der Waals surface area contributed by atoms with Crippen LogP contribution in [0.25, 0.3) is 22.3 Å². The highest BCUT2D eigenvalue weighted by Crippen LogP contribution is 2.44. The van der Waals surface area contributed by atoms with Crippen LogP contribution in [0.4, 0.5) is 0 Å². The Bertz CT molecular complexity index is 1130. The fourth-order valence-corrected chi connectivity index (χ4v) is 3.29. The van der Waals surface area contributed by atoms with Gasteiger partial charge in [0, 0.05) is 18.2 Å². The van der Waals surface area contributed by atoms with Crippen molar-refractivity contribution in [3.8, 4) is 40.1 Å². The second-order valence-corrected chi connectivity index (χ2v) is 7.11. The lowest BCUT2D eigenvalue weighted by atomic mass is 9.98. The first kappa shape index (κ1) is 21.3. The first-order chi connectivity index (χ1) is 14.3. The normalized spacial score (nSPS) is 12.1. The number of aliphatic hydroxyl groups excluding tert-OH is 1. The van der Waals surface area contributed by atoms with Crippen molar-refractivity contribution in [2.24, 2.45) is 5.92 Å². The molecule has 0 spiro atoms. The van der Waals surface area contributed by atoms with Crippen LogP contribution in [-0.2, 0) is 6.42 Å². The number of aromatic hydroxyl groups is 3. The van der Waals surface area contributed by atoms with Gasteiger partial charge in [0.1, 0.15) is 16.7 Å². The van der Waals surface area contributed by atoms with Crippen LogP contribution in [0.5, 0.6) is 28.7 Å². The average Bonchev–Trinajstić information content (AvgIpc) is 2.74. The first-order valence-electron chi connectivity index (χ1n) is 9.39. The zero-order valence-electron chi connectivity index (χ0n) is 16.9. The Morgan fingerprint density at radius 1 is 1.03 bits per heavy atom. The summed E-state index contributed by atoms with van der Waals surface area (Å²) in [7, 11) is 2.62. The Morgan fingerprint density at radius 2 is 1.73 bits per heavy atom. The number of rotatable bonds is 7. The molecule has 0 saturated carbocycles. The molecule has 2 aromatic carbocycles. The molecule has 0 amide bonds. The maximum Gasteiger partial charge on any atom is 0.238 e. The molecule has 1 unspecified atom stereocenters. The Morgan fingerprint density at radius 3 is 2.37 bits per heavy atom. The Balaban J connectivity index is 2.18. The van der Waals surface area contributed by atoms with Crippen molar-refractivity contribution in [1.82, 2.24) is 0 Å². The van der Waals surface area contributed by atoms with Crippen LogP contribution >= 0.6 is 0 Å². The second kappa shape index (κ2) is 8.54. The molecule has 4 N–H and O–H groups in total. The van der Waals surface area contributed by atoms with Crippen LogP contribution in [0, 0.1) is 5.92 Å². The summed E-state index contributed by atoms with van der Waals surface area (Å²) in [6, 6.07) is 5.79. The molecule has 8 heteroatoms. The molecule has 3 aromatic rings. The summed E-state index contributed by atoms with van der Waals surface area (Å²) in [6.45, 7) is 1.93. The van der Waals surface area contributed by atoms with E-state index in [2.05, 4.69) is 0 Å². The number of aliphatic hydroxyl groups is 1. The van der Waals surface area contributed by atoms with Crippen LogP contribution < -0.4 is 14.9 Å². The Hall–Kier alpha value is -3.39. The van der Waals surface area contributed by atoms with E-state index in [1.807, 2.05) is 6.92 Å². The Kier molecular flexibility index (Phi) is 6.07. The molecule has 1 aromatic heterocycles. The van der Waals surface area contributed by atoms with Crippen molar-refractivity contribution in [2.75, 3.05) is 20.8 Å². The maximum absolute atomic E-state index is 12.9. The number of phenolic OH excluding ortho intramolecular Hbond substituents is 2. The lowest BCUT2D eigenvalue weighted by Gasteiger charge is -2.14. The lowest BCUT2D eigenvalue weighted by molar-refractivity contribution is 0.230. The molecule has 160 valence electrons. The predicted molar refractivity (Wildman–Crippen MR) is 111 cm³/mol. The smallest absolute Gasteiger partial charge is 0.238 e. The molecule has 0 radical (unpaired) electrons. The van der Waals surface area contributed by atoms with Gasteiger partial charge in [-0.05, 0) is 42.5 Å². The van der Waals surface area contributed by atoms with E-state index < -0.39 is 11.2 Å². The van der Waals surface area contributed by atoms with Gasteiger partial charge in [-0.15, -0.1) is 0 Å². The van der Waals surface area contributed by atoms with Crippen molar-refractivity contribution in [3.63, 3.8) is 0 Å². The van der Waals surface area contributed by atoms with Crippen molar-refractivity contribution >= 4 is 11.0 Å². The van der Waals surface area contributed by atoms with Gasteiger partial charge in [-0.2, -0.15) is 0 Å². The predicted octanol–water partition coefficient (Wildman–Crippen LogP) is 3.16. The summed E-state index contributed by atoms with van der Waals surface area (Å²) >= 11 is 0. The number of phenols is 2. The largest absolute Gasteiger partial charge is 0.508 e. The Labute approximate surface area is 172 Å². The van der Waals surface area contributed by atoms with E-state index in [0.717, 1.165) is 0 Å². The molecular formula is C22H24O8. The van der Waals surface area contributed by atoms with E-state index in [-0.39, 0.29) is 52.3 Å². The highest BCUT2D eigenvalue weighted by atomic mass is 16.5. The van der Waals surface area contributed by atoms with Crippen molar-refractivity contribution in [1.29, 1.82) is 0 Å². The number of benzene rings is 2. The maximum atomic E-state index is 12.9. The monoisotopic (exact) mass is 416 g/mol. The van der Waals surface area contributed by atoms with Gasteiger partial charge >= 0.3 is 0 Å². The highest BCUT2D eigenvalue weighted by Gasteiger charge is 2.24. The van der Waals surface area contributed by atoms with Gasteiger partial charge in [-0.3, -0.25) is 4.79 Å². The van der Waals surface area contributed by atoms with Crippen LogP contribution in [0.15, 0.2) is 33.5 Å². The molecule has 8 nitrogen and oxygen atoms in total. The van der Waals surface area contributed by atoms with Gasteiger partial charge in [0.25, 0.3) is 0 Å². The number of fused-ring (bicyclic) bond motifs is 1. The fraction of sp³-hybridized carbons (Fsp3) is 0.318. The van der Waals surface area contributed by atoms with E-state index in [1.165, 1.54) is 32.4 Å². The first-order valence-corrected chi connectivity index (χ1v) is 9.39. The van der Waals surface area contributed by atoms with Gasteiger partial charge in [-0.25, -0.2) is 0 Å². The summed E-state index contributed by atoms with van der Waals surface area (Å²) in [5.74, 6) is -0.988. The molecular weight excluding hydrogens is 392 g/mol. The van der Waals surface area contributed by atoms with E-state index >= 15 is 0 Å². The number of hydrogen-bond acceptors (Lipinski definition) is 8. The molecule has 3 rings (SSSR count). The van der Waals surface area contributed by atoms with Crippen molar-refractivity contribution in [3.05, 3.63) is 40.1 Å². The number of hydrogen-bond donors (Lipinski definition) is 4. The molecule has 30 heavy (non-hydrogen) atoms. The van der Waals surface area contributed by atoms with Gasteiger partial charge in [0.05, 0.1) is 14.2 Å². The zero-order valence-corrected chi connectivity index (χ0v) is 16.9. The topological polar surface area (TPSA) is 130 Å². The standard InChI is InChI=1S/C22H24O8/c1-11(10-23)4-5-12-8-13(6-7-14(12)24)20-19(27)18(26)17-16(30-20)9-15(25)21(28-2)22(17)29-3/h6-9,11,23-25,27H,4-5,10H2,1-3H3. The lowest BCUT2D eigenvalue weighted by Crippen LogP contribution is -2.06. The van der Waals surface area contributed by atoms with E-state index in [9.17, 15) is 25.2 Å². The number of methoxy groups -OCH3 is 2. The minimum Gasteiger partial charge on any atom is -0.508 e. The van der Waals surface area contributed by atoms with Crippen LogP contribution in [0.2, 0.25) is 0 Å². The molecule has 0 bridgehead atoms. The van der Waals surface area contributed by atoms with Crippen molar-refractivity contribution in [2.45, 2.75) is 19.8 Å². The van der Waals surface area contributed by atoms with E-state index in [1.54, 1.807) is 6.07 Å². The molecule has 0 fully saturated rings. The molecule has 0 saturated heterocycles. The minimum atomic E-state index is -0.745. The number of aryl methyl sites for hydroxylation is 1. The molecule has 1 atom stereocenters. The highest BCUT2D eigenvalue weighted by molar-refractivity contribution is 5.91. The summed E-state index contributed by atoms with van der Waals surface area (Å²) < 4.78 is 16.0. The van der Waals surface area contributed by atoms with Crippen LogP contribution in [-0.4, -0.2) is 41.3 Å². The fourth-order valence-electron chi connectivity index (χ4n) is 3.29. The molecule has 1 heterocycles. The third-order valence-electron chi connectivity index (χ3n) is 5.02. The summed E-state index contributed by atoms with van der Waals surface area (Å²) in [5, 5.41) is 40.0. The minimum absolute atomic E-state index is 0.00600. The number of ether oxygens (including phenoxy) is 2. The third-order valence-corrected chi connectivity index (χ3v) is 5.02. The molecule has 0 aliphatic rings. The zero-order chi connectivity index (χ0) is 22.0. The summed E-state index contributed by atoms with van der Waals surface area (Å²) in [5.41, 5.74) is 0.228. The second-order valence-electron chi connectivity index (χ2n) is 7.11. The third kappa shape index (κ3) is 3.73. The van der Waals surface area contributed by atoms with Crippen molar-refractivity contribution < 1.29 is 34.3 Å². The molecule has 0 aliphatic heterocycles. The van der Waals surface area contributed by atoms with Gasteiger partial charge < -0.3 is 34.3 Å².